The van der Waals surface area contributed by atoms with E-state index in [0.717, 1.165) is 16.8 Å². The molecule has 0 saturated heterocycles. The number of hydrogen-bond acceptors (Lipinski definition) is 3. The second-order valence-electron chi connectivity index (χ2n) is 5.76. The van der Waals surface area contributed by atoms with Crippen LogP contribution in [0.25, 0.3) is 0 Å². The maximum Gasteiger partial charge on any atom is 0.222 e. The summed E-state index contributed by atoms with van der Waals surface area (Å²) < 4.78 is 0. The fourth-order valence-electron chi connectivity index (χ4n) is 2.28. The molecule has 0 aliphatic heterocycles. The first kappa shape index (κ1) is 17.7. The van der Waals surface area contributed by atoms with E-state index in [1.807, 2.05) is 49.4 Å². The summed E-state index contributed by atoms with van der Waals surface area (Å²) in [4.78, 5) is 29.6. The Kier molecular flexibility index (Phi) is 6.49. The molecular formula is C19H23N3O2. The maximum absolute atomic E-state index is 12.0. The first-order valence-corrected chi connectivity index (χ1v) is 8.02. The second-order valence-corrected chi connectivity index (χ2v) is 5.76. The number of aryl methyl sites for hydroxylation is 1. The van der Waals surface area contributed by atoms with Crippen molar-refractivity contribution in [1.29, 1.82) is 0 Å². The minimum absolute atomic E-state index is 0.0330. The smallest absolute Gasteiger partial charge is 0.222 e. The predicted molar refractivity (Wildman–Crippen MR) is 93.0 cm³/mol. The van der Waals surface area contributed by atoms with Crippen molar-refractivity contribution >= 4 is 11.8 Å². The zero-order chi connectivity index (χ0) is 17.4. The Morgan fingerprint density at radius 2 is 1.83 bits per heavy atom. The Hall–Kier alpha value is -2.69. The molecular weight excluding hydrogens is 302 g/mol. The zero-order valence-electron chi connectivity index (χ0n) is 14.2. The van der Waals surface area contributed by atoms with Gasteiger partial charge in [-0.05, 0) is 24.1 Å². The number of aromatic nitrogens is 1. The highest BCUT2D eigenvalue weighted by Crippen LogP contribution is 2.06. The van der Waals surface area contributed by atoms with Gasteiger partial charge >= 0.3 is 0 Å². The third-order valence-corrected chi connectivity index (χ3v) is 3.73. The van der Waals surface area contributed by atoms with E-state index in [4.69, 9.17) is 0 Å². The van der Waals surface area contributed by atoms with Gasteiger partial charge in [0, 0.05) is 44.9 Å². The fraction of sp³-hybridized carbons (Fsp3) is 0.316. The lowest BCUT2D eigenvalue weighted by Crippen LogP contribution is -2.33. The van der Waals surface area contributed by atoms with Crippen molar-refractivity contribution in [3.63, 3.8) is 0 Å². The van der Waals surface area contributed by atoms with E-state index in [2.05, 4.69) is 10.3 Å². The molecule has 0 radical (unpaired) electrons. The highest BCUT2D eigenvalue weighted by atomic mass is 16.2. The van der Waals surface area contributed by atoms with Crippen molar-refractivity contribution in [2.24, 2.45) is 0 Å². The SMILES string of the molecule is CC(=O)N(CCC(=O)NCc1ccc(C)nc1)Cc1ccccc1. The zero-order valence-corrected chi connectivity index (χ0v) is 14.2. The van der Waals surface area contributed by atoms with Crippen molar-refractivity contribution in [3.05, 3.63) is 65.5 Å². The molecule has 0 aliphatic carbocycles. The standard InChI is InChI=1S/C19H23N3O2/c1-15-8-9-18(12-20-15)13-21-19(24)10-11-22(16(2)23)14-17-6-4-3-5-7-17/h3-9,12H,10-11,13-14H2,1-2H3,(H,21,24). The predicted octanol–water partition coefficient (Wildman–Crippen LogP) is 2.45. The Balaban J connectivity index is 1.79. The molecule has 0 bridgehead atoms. The molecule has 24 heavy (non-hydrogen) atoms. The summed E-state index contributed by atoms with van der Waals surface area (Å²) >= 11 is 0. The van der Waals surface area contributed by atoms with Crippen LogP contribution < -0.4 is 5.32 Å². The topological polar surface area (TPSA) is 62.3 Å². The van der Waals surface area contributed by atoms with Gasteiger partial charge in [-0.1, -0.05) is 36.4 Å². The van der Waals surface area contributed by atoms with Crippen LogP contribution >= 0.6 is 0 Å². The first-order valence-electron chi connectivity index (χ1n) is 8.02. The van der Waals surface area contributed by atoms with Gasteiger partial charge < -0.3 is 10.2 Å². The number of benzene rings is 1. The van der Waals surface area contributed by atoms with Gasteiger partial charge in [0.25, 0.3) is 0 Å². The van der Waals surface area contributed by atoms with E-state index < -0.39 is 0 Å². The number of pyridine rings is 1. The minimum atomic E-state index is -0.0742. The third-order valence-electron chi connectivity index (χ3n) is 3.73. The molecule has 1 N–H and O–H groups in total. The molecule has 0 fully saturated rings. The van der Waals surface area contributed by atoms with Crippen molar-refractivity contribution in [2.45, 2.75) is 33.4 Å². The Bertz CT molecular complexity index is 669. The molecule has 0 aliphatic rings. The molecule has 2 aromatic rings. The summed E-state index contributed by atoms with van der Waals surface area (Å²) in [6.45, 7) is 4.82. The normalized spacial score (nSPS) is 10.2. The summed E-state index contributed by atoms with van der Waals surface area (Å²) in [5, 5.41) is 2.86. The number of carbonyl (C=O) groups is 2. The van der Waals surface area contributed by atoms with E-state index in [9.17, 15) is 9.59 Å². The van der Waals surface area contributed by atoms with Crippen molar-refractivity contribution in [2.75, 3.05) is 6.54 Å². The van der Waals surface area contributed by atoms with Gasteiger partial charge in [-0.15, -0.1) is 0 Å². The highest BCUT2D eigenvalue weighted by molar-refractivity contribution is 5.78. The molecule has 0 saturated carbocycles. The molecule has 1 aromatic carbocycles. The molecule has 5 heteroatoms. The van der Waals surface area contributed by atoms with Crippen molar-refractivity contribution in [3.8, 4) is 0 Å². The number of nitrogens with one attached hydrogen (secondary N) is 1. The molecule has 1 aromatic heterocycles. The Labute approximate surface area is 142 Å². The van der Waals surface area contributed by atoms with Crippen molar-refractivity contribution < 1.29 is 9.59 Å². The highest BCUT2D eigenvalue weighted by Gasteiger charge is 2.11. The maximum atomic E-state index is 12.0. The van der Waals surface area contributed by atoms with Gasteiger partial charge in [-0.25, -0.2) is 0 Å². The first-order chi connectivity index (χ1) is 11.5. The lowest BCUT2D eigenvalue weighted by Gasteiger charge is -2.21. The van der Waals surface area contributed by atoms with Crippen LogP contribution in [0.4, 0.5) is 0 Å². The van der Waals surface area contributed by atoms with Gasteiger partial charge in [0.2, 0.25) is 11.8 Å². The third kappa shape index (κ3) is 5.83. The van der Waals surface area contributed by atoms with E-state index in [0.29, 0.717) is 19.6 Å². The summed E-state index contributed by atoms with van der Waals surface area (Å²) in [6, 6.07) is 13.6. The monoisotopic (exact) mass is 325 g/mol. The summed E-state index contributed by atoms with van der Waals surface area (Å²) in [7, 11) is 0. The summed E-state index contributed by atoms with van der Waals surface area (Å²) in [6.07, 6.45) is 2.04. The van der Waals surface area contributed by atoms with Crippen LogP contribution in [0.2, 0.25) is 0 Å². The quantitative estimate of drug-likeness (QED) is 0.850. The van der Waals surface area contributed by atoms with Gasteiger partial charge in [0.1, 0.15) is 0 Å². The molecule has 0 unspecified atom stereocenters. The number of nitrogens with zero attached hydrogens (tertiary/aromatic N) is 2. The molecule has 2 amide bonds. The summed E-state index contributed by atoms with van der Waals surface area (Å²) in [5.74, 6) is -0.107. The van der Waals surface area contributed by atoms with E-state index in [1.54, 1.807) is 11.1 Å². The largest absolute Gasteiger partial charge is 0.352 e. The fourth-order valence-corrected chi connectivity index (χ4v) is 2.28. The number of carbonyl (C=O) groups excluding carboxylic acids is 2. The minimum Gasteiger partial charge on any atom is -0.352 e. The average Bonchev–Trinajstić information content (AvgIpc) is 2.58. The lowest BCUT2D eigenvalue weighted by molar-refractivity contribution is -0.130. The van der Waals surface area contributed by atoms with Gasteiger partial charge in [-0.2, -0.15) is 0 Å². The Morgan fingerprint density at radius 1 is 1.08 bits per heavy atom. The van der Waals surface area contributed by atoms with Gasteiger partial charge in [0.05, 0.1) is 0 Å². The van der Waals surface area contributed by atoms with Crippen LogP contribution in [0.5, 0.6) is 0 Å². The average molecular weight is 325 g/mol. The van der Waals surface area contributed by atoms with Gasteiger partial charge in [0.15, 0.2) is 0 Å². The summed E-state index contributed by atoms with van der Waals surface area (Å²) in [5.41, 5.74) is 2.96. The van der Waals surface area contributed by atoms with Crippen LogP contribution in [0.15, 0.2) is 48.7 Å². The van der Waals surface area contributed by atoms with Crippen LogP contribution in [-0.4, -0.2) is 28.2 Å². The van der Waals surface area contributed by atoms with E-state index >= 15 is 0 Å². The van der Waals surface area contributed by atoms with E-state index in [-0.39, 0.29) is 18.2 Å². The molecule has 126 valence electrons. The van der Waals surface area contributed by atoms with E-state index in [1.165, 1.54) is 6.92 Å². The van der Waals surface area contributed by atoms with Crippen LogP contribution in [-0.2, 0) is 22.7 Å². The van der Waals surface area contributed by atoms with Crippen LogP contribution in [0.1, 0.15) is 30.2 Å². The van der Waals surface area contributed by atoms with Gasteiger partial charge in [-0.3, -0.25) is 14.6 Å². The number of rotatable bonds is 7. The Morgan fingerprint density at radius 3 is 2.46 bits per heavy atom. The van der Waals surface area contributed by atoms with Crippen LogP contribution in [0, 0.1) is 6.92 Å². The number of hydrogen-bond donors (Lipinski definition) is 1. The number of amides is 2. The second kappa shape index (κ2) is 8.82. The molecule has 5 nitrogen and oxygen atoms in total. The molecule has 0 spiro atoms. The van der Waals surface area contributed by atoms with Crippen molar-refractivity contribution in [1.82, 2.24) is 15.2 Å². The lowest BCUT2D eigenvalue weighted by atomic mass is 10.2. The molecule has 2 rings (SSSR count). The van der Waals surface area contributed by atoms with Crippen LogP contribution in [0.3, 0.4) is 0 Å². The molecule has 0 atom stereocenters. The molecule has 1 heterocycles.